The van der Waals surface area contributed by atoms with Gasteiger partial charge in [-0.25, -0.2) is 19.9 Å². The van der Waals surface area contributed by atoms with Crippen LogP contribution < -0.4 is 10.1 Å². The summed E-state index contributed by atoms with van der Waals surface area (Å²) in [4.78, 5) is 17.5. The Kier molecular flexibility index (Phi) is 4.66. The molecule has 0 amide bonds. The van der Waals surface area contributed by atoms with Gasteiger partial charge < -0.3 is 10.1 Å². The number of fused-ring (bicyclic) bond motifs is 1. The number of pyridine rings is 2. The van der Waals surface area contributed by atoms with Crippen LogP contribution in [0.5, 0.6) is 5.88 Å². The molecule has 0 unspecified atom stereocenters. The molecule has 0 atom stereocenters. The van der Waals surface area contributed by atoms with E-state index in [0.717, 1.165) is 35.1 Å². The number of para-hydroxylation sites is 1. The number of nitriles is 1. The summed E-state index contributed by atoms with van der Waals surface area (Å²) in [5, 5.41) is 13.5. The first-order valence-electron chi connectivity index (χ1n) is 9.75. The van der Waals surface area contributed by atoms with Crippen molar-refractivity contribution in [2.45, 2.75) is 25.0 Å². The fraction of sp³-hybridized carbons (Fsp3) is 0.174. The van der Waals surface area contributed by atoms with Crippen LogP contribution in [0.4, 0.5) is 5.82 Å². The van der Waals surface area contributed by atoms with Gasteiger partial charge in [0.1, 0.15) is 29.4 Å². The van der Waals surface area contributed by atoms with Crippen molar-refractivity contribution in [3.05, 3.63) is 72.8 Å². The molecule has 1 N–H and O–H groups in total. The molecule has 0 saturated heterocycles. The molecule has 0 aliphatic heterocycles. The normalized spacial score (nSPS) is 17.7. The Hall–Kier alpha value is -4.05. The monoisotopic (exact) mass is 394 g/mol. The summed E-state index contributed by atoms with van der Waals surface area (Å²) in [6, 6.07) is 18.0. The lowest BCUT2D eigenvalue weighted by atomic mass is 9.89. The maximum Gasteiger partial charge on any atom is 0.240 e. The molecule has 5 rings (SSSR count). The van der Waals surface area contributed by atoms with Gasteiger partial charge in [0.05, 0.1) is 5.52 Å². The van der Waals surface area contributed by atoms with E-state index in [1.165, 1.54) is 0 Å². The zero-order valence-corrected chi connectivity index (χ0v) is 16.1. The zero-order chi connectivity index (χ0) is 20.3. The molecule has 1 saturated carbocycles. The minimum Gasteiger partial charge on any atom is -0.473 e. The number of ether oxygens (including phenoxy) is 1. The molecule has 0 radical (unpaired) electrons. The molecular formula is C23H18N6O. The number of benzene rings is 1. The van der Waals surface area contributed by atoms with Gasteiger partial charge in [0, 0.05) is 48.4 Å². The fourth-order valence-electron chi connectivity index (χ4n) is 3.50. The van der Waals surface area contributed by atoms with Crippen molar-refractivity contribution in [1.82, 2.24) is 19.9 Å². The van der Waals surface area contributed by atoms with Crippen molar-refractivity contribution in [3.63, 3.8) is 0 Å². The van der Waals surface area contributed by atoms with Crippen molar-refractivity contribution < 1.29 is 4.74 Å². The largest absolute Gasteiger partial charge is 0.473 e. The third-order valence-corrected chi connectivity index (χ3v) is 5.14. The van der Waals surface area contributed by atoms with E-state index in [-0.39, 0.29) is 6.10 Å². The summed E-state index contributed by atoms with van der Waals surface area (Å²) in [5.41, 5.74) is 2.74. The van der Waals surface area contributed by atoms with Crippen molar-refractivity contribution >= 4 is 16.7 Å². The molecule has 4 aromatic rings. The van der Waals surface area contributed by atoms with Gasteiger partial charge >= 0.3 is 0 Å². The Morgan fingerprint density at radius 1 is 0.967 bits per heavy atom. The van der Waals surface area contributed by atoms with Crippen LogP contribution in [0.15, 0.2) is 67.1 Å². The molecule has 7 nitrogen and oxygen atoms in total. The third kappa shape index (κ3) is 3.63. The number of hydrogen-bond donors (Lipinski definition) is 1. The highest BCUT2D eigenvalue weighted by atomic mass is 16.5. The van der Waals surface area contributed by atoms with Gasteiger partial charge in [-0.05, 0) is 30.3 Å². The van der Waals surface area contributed by atoms with Gasteiger partial charge in [0.25, 0.3) is 0 Å². The van der Waals surface area contributed by atoms with Gasteiger partial charge in [0.2, 0.25) is 5.88 Å². The summed E-state index contributed by atoms with van der Waals surface area (Å²) >= 11 is 0. The molecule has 3 heterocycles. The van der Waals surface area contributed by atoms with E-state index >= 15 is 0 Å². The second kappa shape index (κ2) is 7.76. The van der Waals surface area contributed by atoms with E-state index in [4.69, 9.17) is 10.00 Å². The van der Waals surface area contributed by atoms with Crippen LogP contribution in [-0.2, 0) is 0 Å². The molecule has 7 heteroatoms. The topological polar surface area (TPSA) is 96.6 Å². The predicted octanol–water partition coefficient (Wildman–Crippen LogP) is 3.98. The van der Waals surface area contributed by atoms with Crippen LogP contribution in [0.3, 0.4) is 0 Å². The zero-order valence-electron chi connectivity index (χ0n) is 16.1. The van der Waals surface area contributed by atoms with Gasteiger partial charge in [0.15, 0.2) is 0 Å². The molecule has 0 bridgehead atoms. The van der Waals surface area contributed by atoms with E-state index < -0.39 is 0 Å². The molecule has 1 fully saturated rings. The molecule has 3 aromatic heterocycles. The summed E-state index contributed by atoms with van der Waals surface area (Å²) < 4.78 is 6.10. The lowest BCUT2D eigenvalue weighted by molar-refractivity contribution is 0.103. The van der Waals surface area contributed by atoms with Crippen LogP contribution in [-0.4, -0.2) is 32.1 Å². The summed E-state index contributed by atoms with van der Waals surface area (Å²) in [7, 11) is 0. The van der Waals surface area contributed by atoms with Crippen LogP contribution in [0.2, 0.25) is 0 Å². The maximum atomic E-state index is 8.92. The molecule has 0 spiro atoms. The molecule has 1 aromatic carbocycles. The van der Waals surface area contributed by atoms with E-state index in [1.54, 1.807) is 30.7 Å². The van der Waals surface area contributed by atoms with E-state index in [0.29, 0.717) is 23.3 Å². The van der Waals surface area contributed by atoms with Gasteiger partial charge in [-0.2, -0.15) is 5.26 Å². The third-order valence-electron chi connectivity index (χ3n) is 5.14. The van der Waals surface area contributed by atoms with Crippen molar-refractivity contribution in [1.29, 1.82) is 5.26 Å². The van der Waals surface area contributed by atoms with Crippen LogP contribution >= 0.6 is 0 Å². The number of nitrogens with one attached hydrogen (secondary N) is 1. The average molecular weight is 394 g/mol. The van der Waals surface area contributed by atoms with Crippen LogP contribution in [0.1, 0.15) is 18.5 Å². The number of aromatic nitrogens is 4. The summed E-state index contributed by atoms with van der Waals surface area (Å²) in [6.45, 7) is 0. The smallest absolute Gasteiger partial charge is 0.240 e. The average Bonchev–Trinajstić information content (AvgIpc) is 2.78. The highest BCUT2D eigenvalue weighted by Gasteiger charge is 2.32. The standard InChI is InChI=1S/C23H18N6O/c24-13-17-7-5-16(14-27-17)22-23(26-10-9-25-22)30-19-11-18(12-19)28-21-8-6-15-3-1-2-4-20(15)29-21/h1-10,14,18-19H,11-12H2,(H,28,29). The Morgan fingerprint density at radius 2 is 1.83 bits per heavy atom. The molecule has 146 valence electrons. The van der Waals surface area contributed by atoms with Crippen molar-refractivity contribution in [2.75, 3.05) is 5.32 Å². The minimum absolute atomic E-state index is 0.0600. The maximum absolute atomic E-state index is 8.92. The molecule has 30 heavy (non-hydrogen) atoms. The Labute approximate surface area is 173 Å². The van der Waals surface area contributed by atoms with E-state index in [1.807, 2.05) is 30.3 Å². The fourth-order valence-corrected chi connectivity index (χ4v) is 3.50. The highest BCUT2D eigenvalue weighted by molar-refractivity contribution is 5.80. The van der Waals surface area contributed by atoms with E-state index in [9.17, 15) is 0 Å². The van der Waals surface area contributed by atoms with Crippen molar-refractivity contribution in [2.24, 2.45) is 0 Å². The second-order valence-electron chi connectivity index (χ2n) is 7.20. The summed E-state index contributed by atoms with van der Waals surface area (Å²) in [5.74, 6) is 1.36. The first-order chi connectivity index (χ1) is 14.8. The number of rotatable bonds is 5. The summed E-state index contributed by atoms with van der Waals surface area (Å²) in [6.07, 6.45) is 6.63. The number of anilines is 1. The van der Waals surface area contributed by atoms with Crippen molar-refractivity contribution in [3.8, 4) is 23.2 Å². The predicted molar refractivity (Wildman–Crippen MR) is 113 cm³/mol. The SMILES string of the molecule is N#Cc1ccc(-c2nccnc2OC2CC(Nc3ccc4ccccc4n3)C2)cn1. The van der Waals surface area contributed by atoms with Crippen LogP contribution in [0, 0.1) is 11.3 Å². The molecule has 1 aliphatic rings. The first kappa shape index (κ1) is 18.0. The van der Waals surface area contributed by atoms with E-state index in [2.05, 4.69) is 37.4 Å². The number of hydrogen-bond acceptors (Lipinski definition) is 7. The number of nitrogens with zero attached hydrogens (tertiary/aromatic N) is 5. The first-order valence-corrected chi connectivity index (χ1v) is 9.75. The lowest BCUT2D eigenvalue weighted by Crippen LogP contribution is -2.42. The van der Waals surface area contributed by atoms with Gasteiger partial charge in [-0.1, -0.05) is 18.2 Å². The molecular weight excluding hydrogens is 376 g/mol. The second-order valence-corrected chi connectivity index (χ2v) is 7.20. The Bertz CT molecular complexity index is 1230. The Balaban J connectivity index is 1.23. The lowest BCUT2D eigenvalue weighted by Gasteiger charge is -2.36. The van der Waals surface area contributed by atoms with Gasteiger partial charge in [-0.15, -0.1) is 0 Å². The highest BCUT2D eigenvalue weighted by Crippen LogP contribution is 2.32. The Morgan fingerprint density at radius 3 is 2.67 bits per heavy atom. The minimum atomic E-state index is 0.0600. The van der Waals surface area contributed by atoms with Crippen LogP contribution in [0.25, 0.3) is 22.2 Å². The quantitative estimate of drug-likeness (QED) is 0.547. The molecule has 1 aliphatic carbocycles. The van der Waals surface area contributed by atoms with Gasteiger partial charge in [-0.3, -0.25) is 0 Å².